The minimum atomic E-state index is -4.49. The molecular formula is C14H23KNaO7P2S5V+. The number of rotatable bonds is 6. The first-order chi connectivity index (χ1) is 12.8. The number of benzene rings is 1. The van der Waals surface area contributed by atoms with Gasteiger partial charge in [-0.05, 0) is 51.4 Å². The molecule has 17 heteroatoms. The third-order valence-electron chi connectivity index (χ3n) is 3.21. The summed E-state index contributed by atoms with van der Waals surface area (Å²) in [6.45, 7) is 7.37. The summed E-state index contributed by atoms with van der Waals surface area (Å²) in [6.07, 6.45) is 1.58. The van der Waals surface area contributed by atoms with Gasteiger partial charge in [-0.2, -0.15) is 0 Å². The second kappa shape index (κ2) is 28.2. The maximum absolute atomic E-state index is 10.6. The summed E-state index contributed by atoms with van der Waals surface area (Å²) in [4.78, 5) is -0.162. The van der Waals surface area contributed by atoms with E-state index in [1.165, 1.54) is 19.1 Å². The van der Waals surface area contributed by atoms with Crippen LogP contribution in [0.5, 0.6) is 0 Å². The molecule has 1 aromatic carbocycles. The van der Waals surface area contributed by atoms with Crippen molar-refractivity contribution in [1.82, 2.24) is 0 Å². The van der Waals surface area contributed by atoms with Gasteiger partial charge in [0.2, 0.25) is 10.4 Å². The molecule has 0 heterocycles. The maximum atomic E-state index is 10.6. The van der Waals surface area contributed by atoms with Crippen LogP contribution < -0.4 is 80.9 Å². The van der Waals surface area contributed by atoms with Gasteiger partial charge in [0.25, 0.3) is 0 Å². The van der Waals surface area contributed by atoms with Crippen molar-refractivity contribution < 1.29 is 130 Å². The predicted molar refractivity (Wildman–Crippen MR) is 121 cm³/mol. The zero-order valence-electron chi connectivity index (χ0n) is 18.2. The molecule has 0 aliphatic carbocycles. The predicted octanol–water partition coefficient (Wildman–Crippen LogP) is -2.18. The molecule has 0 saturated heterocycles. The molecule has 0 N–H and O–H groups in total. The van der Waals surface area contributed by atoms with Crippen molar-refractivity contribution >= 4 is 70.1 Å². The number of hydrogen-bond acceptors (Lipinski definition) is 10. The van der Waals surface area contributed by atoms with E-state index in [-0.39, 0.29) is 104 Å². The van der Waals surface area contributed by atoms with Gasteiger partial charge in [0.15, 0.2) is 0 Å². The van der Waals surface area contributed by atoms with E-state index in [1.807, 2.05) is 0 Å². The van der Waals surface area contributed by atoms with Crippen LogP contribution in [-0.4, -0.2) is 32.0 Å². The van der Waals surface area contributed by atoms with Crippen LogP contribution in [0.25, 0.3) is 0 Å². The second-order valence-electron chi connectivity index (χ2n) is 5.13. The van der Waals surface area contributed by atoms with Crippen LogP contribution in [0.15, 0.2) is 29.2 Å². The Morgan fingerprint density at radius 1 is 1.00 bits per heavy atom. The third kappa shape index (κ3) is 31.6. The van der Waals surface area contributed by atoms with Crippen molar-refractivity contribution in [1.29, 1.82) is 0 Å². The minimum Gasteiger partial charge on any atom is 0 e. The molecule has 2 unspecified atom stereocenters. The first-order valence-corrected chi connectivity index (χ1v) is 15.0. The van der Waals surface area contributed by atoms with E-state index in [4.69, 9.17) is 0 Å². The standard InChI is InChI=1S/C10H14O3S.C4H10O4S.K.Na.PS2.HPS.V/c1-3-8(2)9-4-6-10(7-5-9)14(11,12)13;1-3-4(2)8-9(5,6)7;;;2-1-3;1-2;/h4-8H,3H2,1-2H3,(H,11,12,13);4H,3H2,1-2H3,(H,5,6,7);;;;1H;/q;;3*+1;;/p-2. The summed E-state index contributed by atoms with van der Waals surface area (Å²) >= 11 is 12.2. The zero-order chi connectivity index (χ0) is 23.0. The Hall–Kier alpha value is 3.61. The van der Waals surface area contributed by atoms with Crippen LogP contribution in [-0.2, 0) is 78.7 Å². The van der Waals surface area contributed by atoms with Gasteiger partial charge in [-0.25, -0.2) is 16.8 Å². The summed E-state index contributed by atoms with van der Waals surface area (Å²) in [5.41, 5.74) is 1.06. The molecule has 0 aliphatic heterocycles. The van der Waals surface area contributed by atoms with Crippen molar-refractivity contribution in [3.63, 3.8) is 0 Å². The fraction of sp³-hybridized carbons (Fsp3) is 0.571. The topological polar surface area (TPSA) is 124 Å². The van der Waals surface area contributed by atoms with Gasteiger partial charge in [0.1, 0.15) is 10.1 Å². The molecule has 0 aliphatic rings. The van der Waals surface area contributed by atoms with Gasteiger partial charge in [0.05, 0.1) is 11.0 Å². The second-order valence-corrected chi connectivity index (χ2v) is 9.46. The molecule has 0 aromatic heterocycles. The zero-order valence-corrected chi connectivity index (χ0v) is 30.7. The summed E-state index contributed by atoms with van der Waals surface area (Å²) in [5, 5.41) is 0. The Labute approximate surface area is 282 Å². The van der Waals surface area contributed by atoms with Gasteiger partial charge >= 0.3 is 111 Å². The van der Waals surface area contributed by atoms with Crippen LogP contribution in [0.1, 0.15) is 52.0 Å². The normalized spacial score (nSPS) is 11.2. The Morgan fingerprint density at radius 3 is 1.55 bits per heavy atom. The van der Waals surface area contributed by atoms with Crippen LogP contribution in [0.2, 0.25) is 0 Å². The van der Waals surface area contributed by atoms with Crippen LogP contribution in [0.3, 0.4) is 0 Å². The van der Waals surface area contributed by atoms with Gasteiger partial charge < -0.3 is 9.11 Å². The van der Waals surface area contributed by atoms with E-state index >= 15 is 0 Å². The fourth-order valence-electron chi connectivity index (χ4n) is 1.47. The average Bonchev–Trinajstić information content (AvgIpc) is 2.62. The van der Waals surface area contributed by atoms with E-state index in [9.17, 15) is 25.9 Å². The van der Waals surface area contributed by atoms with Crippen molar-refractivity contribution in [2.45, 2.75) is 57.5 Å². The molecule has 0 amide bonds. The van der Waals surface area contributed by atoms with Gasteiger partial charge in [-0.1, -0.05) is 44.7 Å². The average molecular weight is 639 g/mol. The molecule has 1 radical (unpaired) electrons. The summed E-state index contributed by atoms with van der Waals surface area (Å²) in [7, 11) is -6.23. The van der Waals surface area contributed by atoms with Gasteiger partial charge in [0, 0.05) is 18.6 Å². The van der Waals surface area contributed by atoms with E-state index in [1.54, 1.807) is 19.1 Å². The molecule has 1 rings (SSSR count). The monoisotopic (exact) mass is 638 g/mol. The largest absolute Gasteiger partial charge is 1.00 e. The fourth-order valence-corrected chi connectivity index (χ4v) is 2.48. The molecule has 2 atom stereocenters. The molecule has 1 aromatic rings. The van der Waals surface area contributed by atoms with Crippen LogP contribution >= 0.6 is 14.1 Å². The smallest absolute Gasteiger partial charge is 0 e. The molecule has 0 saturated carbocycles. The van der Waals surface area contributed by atoms with Crippen LogP contribution in [0, 0.1) is 0 Å². The molecule has 7 nitrogen and oxygen atoms in total. The number of hydrogen-bond donors (Lipinski definition) is 0. The molecule has 31 heavy (non-hydrogen) atoms. The van der Waals surface area contributed by atoms with Crippen molar-refractivity contribution in [3.8, 4) is 0 Å². The van der Waals surface area contributed by atoms with Crippen molar-refractivity contribution in [2.24, 2.45) is 0 Å². The first kappa shape index (κ1) is 47.8. The van der Waals surface area contributed by atoms with Crippen LogP contribution in [0.4, 0.5) is 0 Å². The van der Waals surface area contributed by atoms with E-state index in [0.717, 1.165) is 12.0 Å². The molecule has 167 valence electrons. The SMILES string of the molecule is CCC(C)OS(=O)(=O)[O-].CCC(C)c1ccc(S(=O)(=O)[O-])cc1.P=S.S=[P+]=S.[K+].[Na+].[V]. The van der Waals surface area contributed by atoms with E-state index < -0.39 is 26.6 Å². The molecule has 0 fully saturated rings. The van der Waals surface area contributed by atoms with Gasteiger partial charge in [-0.15, -0.1) is 0 Å². The molecule has 0 bridgehead atoms. The maximum Gasteiger partial charge on any atom is 1.00 e. The Morgan fingerprint density at radius 2 is 1.35 bits per heavy atom. The Kier molecular flexibility index (Phi) is 43.4. The first-order valence-electron chi connectivity index (χ1n) is 7.67. The Bertz CT molecular complexity index is 796. The summed E-state index contributed by atoms with van der Waals surface area (Å²) in [6, 6.07) is 6.12. The van der Waals surface area contributed by atoms with Gasteiger partial charge in [-0.3, -0.25) is 4.18 Å². The summed E-state index contributed by atoms with van der Waals surface area (Å²) in [5.74, 6) is 0.387. The minimum absolute atomic E-state index is 0. The third-order valence-corrected chi connectivity index (χ3v) is 4.62. The Balaban J connectivity index is -0.0000000808. The molecular weight excluding hydrogens is 615 g/mol. The molecule has 0 spiro atoms. The van der Waals surface area contributed by atoms with Crippen molar-refractivity contribution in [2.75, 3.05) is 0 Å². The summed E-state index contributed by atoms with van der Waals surface area (Å²) < 4.78 is 65.4. The van der Waals surface area contributed by atoms with E-state index in [2.05, 4.69) is 61.5 Å². The van der Waals surface area contributed by atoms with E-state index in [0.29, 0.717) is 18.5 Å². The van der Waals surface area contributed by atoms with Crippen molar-refractivity contribution in [3.05, 3.63) is 29.8 Å². The quantitative estimate of drug-likeness (QED) is 0.147.